The molecule has 0 spiro atoms. The van der Waals surface area contributed by atoms with Crippen molar-refractivity contribution in [3.05, 3.63) is 44.7 Å². The van der Waals surface area contributed by atoms with E-state index in [0.717, 1.165) is 9.35 Å². The van der Waals surface area contributed by atoms with Crippen LogP contribution in [0.1, 0.15) is 14.5 Å². The van der Waals surface area contributed by atoms with Crippen molar-refractivity contribution >= 4 is 39.0 Å². The predicted octanol–water partition coefficient (Wildman–Crippen LogP) is 3.47. The summed E-state index contributed by atoms with van der Waals surface area (Å²) in [5, 5.41) is 2.75. The molecule has 5 heteroatoms. The molecule has 3 nitrogen and oxygen atoms in total. The number of hydrogen-bond donors (Lipinski definition) is 1. The van der Waals surface area contributed by atoms with Crippen molar-refractivity contribution in [1.82, 2.24) is 4.98 Å². The summed E-state index contributed by atoms with van der Waals surface area (Å²) in [4.78, 5) is 17.7. The zero-order chi connectivity index (χ0) is 11.5. The number of amides is 1. The van der Waals surface area contributed by atoms with Gasteiger partial charge in [0.05, 0.1) is 9.35 Å². The van der Waals surface area contributed by atoms with E-state index in [1.165, 1.54) is 11.3 Å². The molecule has 2 rings (SSSR count). The second-order valence-electron chi connectivity index (χ2n) is 3.20. The van der Waals surface area contributed by atoms with Crippen LogP contribution >= 0.6 is 27.3 Å². The zero-order valence-electron chi connectivity index (χ0n) is 8.53. The fourth-order valence-electron chi connectivity index (χ4n) is 1.20. The maximum atomic E-state index is 11.8. The van der Waals surface area contributed by atoms with E-state index in [0.29, 0.717) is 10.7 Å². The second-order valence-corrected chi connectivity index (χ2v) is 5.34. The average molecular weight is 297 g/mol. The molecule has 0 radical (unpaired) electrons. The van der Waals surface area contributed by atoms with Crippen LogP contribution in [0.2, 0.25) is 0 Å². The second kappa shape index (κ2) is 4.76. The number of hydrogen-bond acceptors (Lipinski definition) is 3. The number of halogens is 1. The molecule has 1 amide bonds. The average Bonchev–Trinajstić information content (AvgIpc) is 2.68. The molecule has 0 aromatic carbocycles. The van der Waals surface area contributed by atoms with E-state index in [2.05, 4.69) is 26.2 Å². The minimum Gasteiger partial charge on any atom is -0.305 e. The van der Waals surface area contributed by atoms with Crippen molar-refractivity contribution in [2.45, 2.75) is 6.92 Å². The number of nitrogens with one attached hydrogen (secondary N) is 1. The Morgan fingerprint density at radius 3 is 2.88 bits per heavy atom. The fourth-order valence-corrected chi connectivity index (χ4v) is 2.32. The van der Waals surface area contributed by atoms with Crippen LogP contribution in [0.5, 0.6) is 0 Å². The Morgan fingerprint density at radius 2 is 2.25 bits per heavy atom. The SMILES string of the molecule is Cc1ccc(C(=O)Nc2ncccc2Br)s1. The number of anilines is 1. The van der Waals surface area contributed by atoms with Gasteiger partial charge >= 0.3 is 0 Å². The molecule has 0 atom stereocenters. The quantitative estimate of drug-likeness (QED) is 0.922. The number of thiophene rings is 1. The normalized spacial score (nSPS) is 10.1. The van der Waals surface area contributed by atoms with Gasteiger partial charge in [-0.1, -0.05) is 0 Å². The minimum absolute atomic E-state index is 0.127. The topological polar surface area (TPSA) is 42.0 Å². The Labute approximate surface area is 106 Å². The van der Waals surface area contributed by atoms with Gasteiger partial charge in [0.25, 0.3) is 5.91 Å². The Hall–Kier alpha value is -1.20. The third-order valence-electron chi connectivity index (χ3n) is 1.95. The van der Waals surface area contributed by atoms with Crippen molar-refractivity contribution in [3.8, 4) is 0 Å². The van der Waals surface area contributed by atoms with E-state index in [-0.39, 0.29) is 5.91 Å². The Balaban J connectivity index is 2.17. The molecule has 82 valence electrons. The monoisotopic (exact) mass is 296 g/mol. The van der Waals surface area contributed by atoms with Gasteiger partial charge in [0.1, 0.15) is 5.82 Å². The highest BCUT2D eigenvalue weighted by Gasteiger charge is 2.10. The Kier molecular flexibility index (Phi) is 3.36. The van der Waals surface area contributed by atoms with Crippen LogP contribution in [0.3, 0.4) is 0 Å². The third kappa shape index (κ3) is 2.48. The van der Waals surface area contributed by atoms with Crippen LogP contribution < -0.4 is 5.32 Å². The number of nitrogens with zero attached hydrogens (tertiary/aromatic N) is 1. The molecule has 2 heterocycles. The van der Waals surface area contributed by atoms with Crippen LogP contribution in [-0.2, 0) is 0 Å². The highest BCUT2D eigenvalue weighted by molar-refractivity contribution is 9.10. The summed E-state index contributed by atoms with van der Waals surface area (Å²) in [6.45, 7) is 1.97. The van der Waals surface area contributed by atoms with E-state index in [4.69, 9.17) is 0 Å². The van der Waals surface area contributed by atoms with Gasteiger partial charge in [0.15, 0.2) is 0 Å². The van der Waals surface area contributed by atoms with Crippen molar-refractivity contribution in [3.63, 3.8) is 0 Å². The van der Waals surface area contributed by atoms with Crippen molar-refractivity contribution in [1.29, 1.82) is 0 Å². The summed E-state index contributed by atoms with van der Waals surface area (Å²) >= 11 is 4.79. The lowest BCUT2D eigenvalue weighted by Gasteiger charge is -2.03. The number of aryl methyl sites for hydroxylation is 1. The number of pyridine rings is 1. The maximum Gasteiger partial charge on any atom is 0.266 e. The molecule has 0 aliphatic heterocycles. The molecular weight excluding hydrogens is 288 g/mol. The zero-order valence-corrected chi connectivity index (χ0v) is 10.9. The molecule has 2 aromatic heterocycles. The Morgan fingerprint density at radius 1 is 1.44 bits per heavy atom. The molecule has 0 bridgehead atoms. The van der Waals surface area contributed by atoms with Crippen LogP contribution in [0.4, 0.5) is 5.82 Å². The van der Waals surface area contributed by atoms with E-state index >= 15 is 0 Å². The highest BCUT2D eigenvalue weighted by Crippen LogP contribution is 2.21. The molecule has 0 saturated carbocycles. The lowest BCUT2D eigenvalue weighted by molar-refractivity contribution is 0.103. The molecule has 0 aliphatic carbocycles. The lowest BCUT2D eigenvalue weighted by atomic mass is 10.4. The van der Waals surface area contributed by atoms with Crippen LogP contribution in [-0.4, -0.2) is 10.9 Å². The van der Waals surface area contributed by atoms with Gasteiger partial charge < -0.3 is 5.32 Å². The molecule has 16 heavy (non-hydrogen) atoms. The summed E-state index contributed by atoms with van der Waals surface area (Å²) in [5.74, 6) is 0.413. The van der Waals surface area contributed by atoms with E-state index in [1.807, 2.05) is 25.1 Å². The summed E-state index contributed by atoms with van der Waals surface area (Å²) in [6.07, 6.45) is 1.64. The number of aromatic nitrogens is 1. The van der Waals surface area contributed by atoms with Gasteiger partial charge in [-0.3, -0.25) is 4.79 Å². The molecule has 2 aromatic rings. The number of carbonyl (C=O) groups excluding carboxylic acids is 1. The van der Waals surface area contributed by atoms with E-state index in [1.54, 1.807) is 12.3 Å². The van der Waals surface area contributed by atoms with E-state index in [9.17, 15) is 4.79 Å². The van der Waals surface area contributed by atoms with Crippen LogP contribution in [0, 0.1) is 6.92 Å². The molecule has 0 aliphatic rings. The summed E-state index contributed by atoms with van der Waals surface area (Å²) < 4.78 is 0.775. The van der Waals surface area contributed by atoms with Crippen LogP contribution in [0.25, 0.3) is 0 Å². The van der Waals surface area contributed by atoms with Crippen molar-refractivity contribution in [2.75, 3.05) is 5.32 Å². The third-order valence-corrected chi connectivity index (χ3v) is 3.59. The first-order chi connectivity index (χ1) is 7.66. The van der Waals surface area contributed by atoms with Crippen LogP contribution in [0.15, 0.2) is 34.9 Å². The van der Waals surface area contributed by atoms with Gasteiger partial charge in [-0.15, -0.1) is 11.3 Å². The predicted molar refractivity (Wildman–Crippen MR) is 68.9 cm³/mol. The highest BCUT2D eigenvalue weighted by atomic mass is 79.9. The summed E-state index contributed by atoms with van der Waals surface area (Å²) in [5.41, 5.74) is 0. The summed E-state index contributed by atoms with van der Waals surface area (Å²) in [6, 6.07) is 7.37. The van der Waals surface area contributed by atoms with E-state index < -0.39 is 0 Å². The lowest BCUT2D eigenvalue weighted by Crippen LogP contribution is -2.11. The van der Waals surface area contributed by atoms with Gasteiger partial charge in [-0.25, -0.2) is 4.98 Å². The molecule has 1 N–H and O–H groups in total. The molecule has 0 unspecified atom stereocenters. The van der Waals surface area contributed by atoms with Gasteiger partial charge in [-0.05, 0) is 47.1 Å². The first-order valence-corrected chi connectivity index (χ1v) is 6.26. The Bertz CT molecular complexity index is 524. The summed E-state index contributed by atoms with van der Waals surface area (Å²) in [7, 11) is 0. The maximum absolute atomic E-state index is 11.8. The van der Waals surface area contributed by atoms with Gasteiger partial charge in [-0.2, -0.15) is 0 Å². The number of carbonyl (C=O) groups is 1. The standard InChI is InChI=1S/C11H9BrN2OS/c1-7-4-5-9(16-7)11(15)14-10-8(12)3-2-6-13-10/h2-6H,1H3,(H,13,14,15). The first-order valence-electron chi connectivity index (χ1n) is 4.65. The van der Waals surface area contributed by atoms with Crippen molar-refractivity contribution in [2.24, 2.45) is 0 Å². The fraction of sp³-hybridized carbons (Fsp3) is 0.0909. The largest absolute Gasteiger partial charge is 0.305 e. The molecule has 0 fully saturated rings. The van der Waals surface area contributed by atoms with Gasteiger partial charge in [0, 0.05) is 11.1 Å². The minimum atomic E-state index is -0.127. The molecule has 0 saturated heterocycles. The number of rotatable bonds is 2. The smallest absolute Gasteiger partial charge is 0.266 e. The first kappa shape index (κ1) is 11.3. The van der Waals surface area contributed by atoms with Gasteiger partial charge in [0.2, 0.25) is 0 Å². The van der Waals surface area contributed by atoms with Crippen molar-refractivity contribution < 1.29 is 4.79 Å². The molecular formula is C11H9BrN2OS.